The molecule has 1 amide bonds. The summed E-state index contributed by atoms with van der Waals surface area (Å²) in [6.07, 6.45) is -0.389. The maximum absolute atomic E-state index is 12.8. The van der Waals surface area contributed by atoms with E-state index in [1.54, 1.807) is 41.5 Å². The van der Waals surface area contributed by atoms with Crippen LogP contribution >= 0.6 is 0 Å². The van der Waals surface area contributed by atoms with E-state index in [4.69, 9.17) is 13.9 Å². The van der Waals surface area contributed by atoms with Gasteiger partial charge in [-0.05, 0) is 77.4 Å². The zero-order valence-corrected chi connectivity index (χ0v) is 22.1. The first-order valence-electron chi connectivity index (χ1n) is 10.8. The highest BCUT2D eigenvalue weighted by atomic mass is 28.4. The van der Waals surface area contributed by atoms with Crippen molar-refractivity contribution in [1.29, 1.82) is 0 Å². The molecular formula is C24H41NO5Si. The number of rotatable bonds is 6. The van der Waals surface area contributed by atoms with Crippen LogP contribution in [0.2, 0.25) is 18.1 Å². The summed E-state index contributed by atoms with van der Waals surface area (Å²) in [7, 11) is -2.00. The SMILES string of the molecule is CC(C)(C)OC(=O)NC(Cc1cccc(O[Si](C)(C)C(C)(C)C)c1)C(=O)OC(C)(C)C. The van der Waals surface area contributed by atoms with Gasteiger partial charge in [0.1, 0.15) is 23.0 Å². The predicted molar refractivity (Wildman–Crippen MR) is 127 cm³/mol. The lowest BCUT2D eigenvalue weighted by Crippen LogP contribution is -2.47. The average molecular weight is 452 g/mol. The Kier molecular flexibility index (Phi) is 8.39. The molecule has 0 aliphatic heterocycles. The molecule has 0 saturated heterocycles. The van der Waals surface area contributed by atoms with Crippen LogP contribution in [-0.4, -0.2) is 37.6 Å². The number of carbonyl (C=O) groups excluding carboxylic acids is 2. The molecule has 0 aliphatic rings. The van der Waals surface area contributed by atoms with E-state index in [1.165, 1.54) is 0 Å². The van der Waals surface area contributed by atoms with E-state index in [0.717, 1.165) is 11.3 Å². The van der Waals surface area contributed by atoms with Crippen LogP contribution in [-0.2, 0) is 20.7 Å². The smallest absolute Gasteiger partial charge is 0.408 e. The minimum absolute atomic E-state index is 0.0698. The molecule has 0 saturated carbocycles. The van der Waals surface area contributed by atoms with Gasteiger partial charge in [0.2, 0.25) is 8.32 Å². The second kappa shape index (κ2) is 9.63. The molecule has 176 valence electrons. The van der Waals surface area contributed by atoms with E-state index >= 15 is 0 Å². The van der Waals surface area contributed by atoms with Crippen LogP contribution in [0.25, 0.3) is 0 Å². The molecule has 0 bridgehead atoms. The summed E-state index contributed by atoms with van der Waals surface area (Å²) in [5.74, 6) is 0.262. The van der Waals surface area contributed by atoms with Gasteiger partial charge in [-0.25, -0.2) is 9.59 Å². The molecule has 0 spiro atoms. The summed E-state index contributed by atoms with van der Waals surface area (Å²) in [4.78, 5) is 25.1. The average Bonchev–Trinajstić information content (AvgIpc) is 2.49. The lowest BCUT2D eigenvalue weighted by Gasteiger charge is -2.36. The molecule has 0 aromatic heterocycles. The van der Waals surface area contributed by atoms with Crippen LogP contribution in [0.1, 0.15) is 67.9 Å². The van der Waals surface area contributed by atoms with Crippen molar-refractivity contribution in [3.8, 4) is 5.75 Å². The largest absolute Gasteiger partial charge is 0.543 e. The molecule has 0 aliphatic carbocycles. The molecule has 0 radical (unpaired) electrons. The van der Waals surface area contributed by atoms with Crippen molar-refractivity contribution in [3.63, 3.8) is 0 Å². The second-order valence-electron chi connectivity index (χ2n) is 11.4. The van der Waals surface area contributed by atoms with Gasteiger partial charge in [0.25, 0.3) is 0 Å². The zero-order valence-electron chi connectivity index (χ0n) is 21.1. The first-order valence-corrected chi connectivity index (χ1v) is 13.7. The lowest BCUT2D eigenvalue weighted by atomic mass is 10.1. The normalized spacial score (nSPS) is 13.9. The zero-order chi connectivity index (χ0) is 24.3. The first-order chi connectivity index (χ1) is 13.8. The number of ether oxygens (including phenoxy) is 2. The van der Waals surface area contributed by atoms with Crippen molar-refractivity contribution >= 4 is 20.4 Å². The fourth-order valence-electron chi connectivity index (χ4n) is 2.44. The van der Waals surface area contributed by atoms with Crippen LogP contribution in [0.15, 0.2) is 24.3 Å². The Morgan fingerprint density at radius 3 is 1.97 bits per heavy atom. The summed E-state index contributed by atoms with van der Waals surface area (Å²) in [5.41, 5.74) is -0.472. The van der Waals surface area contributed by atoms with Crippen LogP contribution in [0.3, 0.4) is 0 Å². The molecule has 6 nitrogen and oxygen atoms in total. The Bertz CT molecular complexity index is 769. The van der Waals surface area contributed by atoms with Gasteiger partial charge >= 0.3 is 12.1 Å². The Labute approximate surface area is 189 Å². The summed E-state index contributed by atoms with van der Waals surface area (Å²) in [6.45, 7) is 21.6. The Balaban J connectivity index is 3.08. The Hall–Kier alpha value is -2.02. The molecule has 1 N–H and O–H groups in total. The van der Waals surface area contributed by atoms with E-state index in [-0.39, 0.29) is 11.5 Å². The van der Waals surface area contributed by atoms with Crippen LogP contribution < -0.4 is 9.74 Å². The highest BCUT2D eigenvalue weighted by Crippen LogP contribution is 2.37. The summed E-state index contributed by atoms with van der Waals surface area (Å²) >= 11 is 0. The number of benzene rings is 1. The molecule has 31 heavy (non-hydrogen) atoms. The number of amides is 1. The second-order valence-corrected chi connectivity index (χ2v) is 16.2. The molecule has 0 heterocycles. The number of hydrogen-bond donors (Lipinski definition) is 1. The highest BCUT2D eigenvalue weighted by Gasteiger charge is 2.39. The molecular weight excluding hydrogens is 410 g/mol. The number of hydrogen-bond acceptors (Lipinski definition) is 5. The molecule has 0 fully saturated rings. The molecule has 1 atom stereocenters. The molecule has 7 heteroatoms. The Morgan fingerprint density at radius 2 is 1.48 bits per heavy atom. The lowest BCUT2D eigenvalue weighted by molar-refractivity contribution is -0.157. The third-order valence-electron chi connectivity index (χ3n) is 4.90. The van der Waals surface area contributed by atoms with Gasteiger partial charge in [-0.3, -0.25) is 0 Å². The van der Waals surface area contributed by atoms with Gasteiger partial charge in [-0.1, -0.05) is 32.9 Å². The van der Waals surface area contributed by atoms with Crippen LogP contribution in [0.5, 0.6) is 5.75 Å². The minimum atomic E-state index is -2.00. The van der Waals surface area contributed by atoms with E-state index in [9.17, 15) is 9.59 Å². The van der Waals surface area contributed by atoms with Crippen molar-refractivity contribution in [2.45, 2.75) is 104 Å². The molecule has 1 aromatic carbocycles. The standard InChI is InChI=1S/C24H41NO5Si/c1-22(2,3)28-20(26)19(25-21(27)29-23(4,5)6)16-17-13-12-14-18(15-17)30-31(10,11)24(7,8)9/h12-15,19H,16H2,1-11H3,(H,25,27). The van der Waals surface area contributed by atoms with Crippen molar-refractivity contribution in [2.24, 2.45) is 0 Å². The minimum Gasteiger partial charge on any atom is -0.543 e. The van der Waals surface area contributed by atoms with Gasteiger partial charge < -0.3 is 19.2 Å². The quantitative estimate of drug-likeness (QED) is 0.434. The van der Waals surface area contributed by atoms with Crippen molar-refractivity contribution < 1.29 is 23.5 Å². The topological polar surface area (TPSA) is 73.9 Å². The first kappa shape index (κ1) is 27.0. The van der Waals surface area contributed by atoms with Gasteiger partial charge in [0, 0.05) is 6.42 Å². The molecule has 1 rings (SSSR count). The monoisotopic (exact) mass is 451 g/mol. The third-order valence-corrected chi connectivity index (χ3v) is 9.26. The summed E-state index contributed by atoms with van der Waals surface area (Å²) in [6, 6.07) is 6.78. The number of carbonyl (C=O) groups is 2. The molecule has 1 unspecified atom stereocenters. The third kappa shape index (κ3) is 9.76. The van der Waals surface area contributed by atoms with E-state index < -0.39 is 37.6 Å². The predicted octanol–water partition coefficient (Wildman–Crippen LogP) is 5.85. The van der Waals surface area contributed by atoms with Crippen LogP contribution in [0, 0.1) is 0 Å². The fourth-order valence-corrected chi connectivity index (χ4v) is 3.46. The maximum atomic E-state index is 12.8. The van der Waals surface area contributed by atoms with E-state index in [0.29, 0.717) is 0 Å². The van der Waals surface area contributed by atoms with Crippen molar-refractivity contribution in [2.75, 3.05) is 0 Å². The summed E-state index contributed by atoms with van der Waals surface area (Å²) < 4.78 is 17.2. The Morgan fingerprint density at radius 1 is 0.935 bits per heavy atom. The highest BCUT2D eigenvalue weighted by molar-refractivity contribution is 6.74. The number of alkyl carbamates (subject to hydrolysis) is 1. The van der Waals surface area contributed by atoms with Crippen LogP contribution in [0.4, 0.5) is 4.79 Å². The van der Waals surface area contributed by atoms with E-state index in [1.807, 2.05) is 24.3 Å². The fraction of sp³-hybridized carbons (Fsp3) is 0.667. The maximum Gasteiger partial charge on any atom is 0.408 e. The number of esters is 1. The summed E-state index contributed by atoms with van der Waals surface area (Å²) in [5, 5.41) is 2.74. The van der Waals surface area contributed by atoms with Crippen molar-refractivity contribution in [3.05, 3.63) is 29.8 Å². The van der Waals surface area contributed by atoms with Gasteiger partial charge in [-0.2, -0.15) is 0 Å². The van der Waals surface area contributed by atoms with Gasteiger partial charge in [-0.15, -0.1) is 0 Å². The van der Waals surface area contributed by atoms with Gasteiger partial charge in [0.15, 0.2) is 0 Å². The van der Waals surface area contributed by atoms with E-state index in [2.05, 4.69) is 39.2 Å². The number of nitrogens with one attached hydrogen (secondary N) is 1. The molecule has 1 aromatic rings. The van der Waals surface area contributed by atoms with Gasteiger partial charge in [0.05, 0.1) is 0 Å². The van der Waals surface area contributed by atoms with Crippen molar-refractivity contribution in [1.82, 2.24) is 5.32 Å².